The Bertz CT molecular complexity index is 333. The van der Waals surface area contributed by atoms with Gasteiger partial charge in [0.2, 0.25) is 5.91 Å². The number of rotatable bonds is 4. The van der Waals surface area contributed by atoms with Crippen molar-refractivity contribution in [2.75, 3.05) is 32.7 Å². The van der Waals surface area contributed by atoms with Crippen molar-refractivity contribution < 1.29 is 4.79 Å². The van der Waals surface area contributed by atoms with Crippen molar-refractivity contribution in [3.8, 4) is 0 Å². The van der Waals surface area contributed by atoms with Crippen LogP contribution in [-0.2, 0) is 11.3 Å². The van der Waals surface area contributed by atoms with Crippen molar-refractivity contribution in [1.82, 2.24) is 20.5 Å². The predicted octanol–water partition coefficient (Wildman–Crippen LogP) is 0.0546. The molecule has 94 valence electrons. The molecule has 1 fully saturated rings. The average Bonchev–Trinajstić information content (AvgIpc) is 2.72. The lowest BCUT2D eigenvalue weighted by molar-refractivity contribution is -0.122. The highest BCUT2D eigenvalue weighted by Gasteiger charge is 2.12. The molecule has 0 aliphatic carbocycles. The highest BCUT2D eigenvalue weighted by Crippen LogP contribution is 2.04. The topological polar surface area (TPSA) is 57.3 Å². The molecule has 0 saturated carbocycles. The first kappa shape index (κ1) is 12.5. The normalized spacial score (nSPS) is 17.6. The third kappa shape index (κ3) is 4.41. The van der Waals surface area contributed by atoms with Crippen LogP contribution < -0.4 is 10.6 Å². The standard InChI is InChI=1S/C11H18N4OS/c16-11(14-7-10-6-13-9-17-10)8-15-4-1-2-12-3-5-15/h6,9,12H,1-5,7-8H2,(H,14,16). The summed E-state index contributed by atoms with van der Waals surface area (Å²) in [5.41, 5.74) is 1.78. The molecule has 0 aromatic carbocycles. The molecule has 1 aromatic heterocycles. The zero-order valence-corrected chi connectivity index (χ0v) is 10.6. The van der Waals surface area contributed by atoms with Crippen molar-refractivity contribution >= 4 is 17.2 Å². The summed E-state index contributed by atoms with van der Waals surface area (Å²) >= 11 is 1.56. The molecule has 0 radical (unpaired) electrons. The minimum atomic E-state index is 0.0975. The Morgan fingerprint density at radius 3 is 3.29 bits per heavy atom. The van der Waals surface area contributed by atoms with Crippen LogP contribution in [0.3, 0.4) is 0 Å². The lowest BCUT2D eigenvalue weighted by Crippen LogP contribution is -2.38. The zero-order chi connectivity index (χ0) is 11.9. The van der Waals surface area contributed by atoms with Crippen LogP contribution in [0.15, 0.2) is 11.7 Å². The summed E-state index contributed by atoms with van der Waals surface area (Å²) in [5.74, 6) is 0.0975. The number of carbonyl (C=O) groups is 1. The van der Waals surface area contributed by atoms with E-state index >= 15 is 0 Å². The van der Waals surface area contributed by atoms with E-state index < -0.39 is 0 Å². The van der Waals surface area contributed by atoms with Crippen molar-refractivity contribution in [2.24, 2.45) is 0 Å². The smallest absolute Gasteiger partial charge is 0.234 e. The summed E-state index contributed by atoms with van der Waals surface area (Å²) in [6.07, 6.45) is 2.91. The van der Waals surface area contributed by atoms with Crippen molar-refractivity contribution in [2.45, 2.75) is 13.0 Å². The molecular weight excluding hydrogens is 236 g/mol. The van der Waals surface area contributed by atoms with Gasteiger partial charge in [0.1, 0.15) is 0 Å². The fraction of sp³-hybridized carbons (Fsp3) is 0.636. The monoisotopic (exact) mass is 254 g/mol. The van der Waals surface area contributed by atoms with Crippen LogP contribution in [0.25, 0.3) is 0 Å². The number of aromatic nitrogens is 1. The van der Waals surface area contributed by atoms with E-state index in [0.29, 0.717) is 13.1 Å². The Balaban J connectivity index is 1.69. The molecule has 0 unspecified atom stereocenters. The molecule has 2 N–H and O–H groups in total. The number of hydrogen-bond donors (Lipinski definition) is 2. The summed E-state index contributed by atoms with van der Waals surface area (Å²) in [5, 5.41) is 6.25. The molecule has 17 heavy (non-hydrogen) atoms. The SMILES string of the molecule is O=C(CN1CCCNCC1)NCc1cncs1. The highest BCUT2D eigenvalue weighted by molar-refractivity contribution is 7.09. The molecule has 6 heteroatoms. The lowest BCUT2D eigenvalue weighted by atomic mass is 10.4. The maximum Gasteiger partial charge on any atom is 0.234 e. The molecule has 1 aromatic rings. The number of nitrogens with zero attached hydrogens (tertiary/aromatic N) is 2. The first-order chi connectivity index (χ1) is 8.34. The van der Waals surface area contributed by atoms with Gasteiger partial charge in [0, 0.05) is 24.2 Å². The van der Waals surface area contributed by atoms with Crippen LogP contribution in [0.1, 0.15) is 11.3 Å². The zero-order valence-electron chi connectivity index (χ0n) is 9.82. The molecule has 2 rings (SSSR count). The predicted molar refractivity (Wildman–Crippen MR) is 67.9 cm³/mol. The number of carbonyl (C=O) groups excluding carboxylic acids is 1. The van der Waals surface area contributed by atoms with Gasteiger partial charge in [0.25, 0.3) is 0 Å². The Morgan fingerprint density at radius 2 is 2.47 bits per heavy atom. The average molecular weight is 254 g/mol. The van der Waals surface area contributed by atoms with Crippen LogP contribution in [0.5, 0.6) is 0 Å². The summed E-state index contributed by atoms with van der Waals surface area (Å²) < 4.78 is 0. The van der Waals surface area contributed by atoms with Gasteiger partial charge in [-0.05, 0) is 19.5 Å². The van der Waals surface area contributed by atoms with E-state index in [2.05, 4.69) is 20.5 Å². The molecule has 5 nitrogen and oxygen atoms in total. The van der Waals surface area contributed by atoms with E-state index in [1.54, 1.807) is 23.0 Å². The molecule has 1 aliphatic heterocycles. The Morgan fingerprint density at radius 1 is 1.53 bits per heavy atom. The molecule has 1 amide bonds. The van der Waals surface area contributed by atoms with E-state index in [9.17, 15) is 4.79 Å². The van der Waals surface area contributed by atoms with Crippen LogP contribution in [0.4, 0.5) is 0 Å². The fourth-order valence-corrected chi connectivity index (χ4v) is 2.37. The Hall–Kier alpha value is -0.980. The lowest BCUT2D eigenvalue weighted by Gasteiger charge is -2.18. The molecular formula is C11H18N4OS. The third-order valence-electron chi connectivity index (χ3n) is 2.74. The number of nitrogens with one attached hydrogen (secondary N) is 2. The summed E-state index contributed by atoms with van der Waals surface area (Å²) in [4.78, 5) is 19.0. The second-order valence-electron chi connectivity index (χ2n) is 4.12. The van der Waals surface area contributed by atoms with Gasteiger partial charge in [-0.2, -0.15) is 0 Å². The van der Waals surface area contributed by atoms with E-state index in [1.807, 2.05) is 0 Å². The largest absolute Gasteiger partial charge is 0.350 e. The Kier molecular flexibility index (Phi) is 4.90. The van der Waals surface area contributed by atoms with Gasteiger partial charge < -0.3 is 10.6 Å². The molecule has 0 spiro atoms. The van der Waals surface area contributed by atoms with Gasteiger partial charge in [-0.15, -0.1) is 11.3 Å². The van der Waals surface area contributed by atoms with Gasteiger partial charge in [-0.1, -0.05) is 0 Å². The molecule has 0 atom stereocenters. The van der Waals surface area contributed by atoms with Gasteiger partial charge in [0.15, 0.2) is 0 Å². The van der Waals surface area contributed by atoms with Crippen molar-refractivity contribution in [3.63, 3.8) is 0 Å². The van der Waals surface area contributed by atoms with Gasteiger partial charge in [0.05, 0.1) is 18.6 Å². The summed E-state index contributed by atoms with van der Waals surface area (Å²) in [6, 6.07) is 0. The summed E-state index contributed by atoms with van der Waals surface area (Å²) in [6.45, 7) is 5.08. The van der Waals surface area contributed by atoms with E-state index in [0.717, 1.165) is 37.5 Å². The van der Waals surface area contributed by atoms with E-state index in [4.69, 9.17) is 0 Å². The third-order valence-corrected chi connectivity index (χ3v) is 3.52. The first-order valence-corrected chi connectivity index (χ1v) is 6.80. The van der Waals surface area contributed by atoms with E-state index in [1.165, 1.54) is 0 Å². The highest BCUT2D eigenvalue weighted by atomic mass is 32.1. The van der Waals surface area contributed by atoms with Crippen LogP contribution in [-0.4, -0.2) is 48.5 Å². The van der Waals surface area contributed by atoms with Gasteiger partial charge in [-0.3, -0.25) is 14.7 Å². The van der Waals surface area contributed by atoms with Crippen molar-refractivity contribution in [3.05, 3.63) is 16.6 Å². The van der Waals surface area contributed by atoms with Crippen LogP contribution >= 0.6 is 11.3 Å². The molecule has 0 bridgehead atoms. The molecule has 1 saturated heterocycles. The van der Waals surface area contributed by atoms with Crippen LogP contribution in [0, 0.1) is 0 Å². The van der Waals surface area contributed by atoms with Crippen LogP contribution in [0.2, 0.25) is 0 Å². The Labute approximate surface area is 105 Å². The first-order valence-electron chi connectivity index (χ1n) is 5.92. The van der Waals surface area contributed by atoms with Gasteiger partial charge >= 0.3 is 0 Å². The number of thiazole rings is 1. The van der Waals surface area contributed by atoms with E-state index in [-0.39, 0.29) is 5.91 Å². The second kappa shape index (κ2) is 6.68. The number of amides is 1. The number of hydrogen-bond acceptors (Lipinski definition) is 5. The van der Waals surface area contributed by atoms with Crippen molar-refractivity contribution in [1.29, 1.82) is 0 Å². The minimum Gasteiger partial charge on any atom is -0.350 e. The minimum absolute atomic E-state index is 0.0975. The molecule has 2 heterocycles. The maximum atomic E-state index is 11.7. The van der Waals surface area contributed by atoms with Gasteiger partial charge in [-0.25, -0.2) is 0 Å². The maximum absolute atomic E-state index is 11.7. The second-order valence-corrected chi connectivity index (χ2v) is 5.10. The quantitative estimate of drug-likeness (QED) is 0.797. The molecule has 1 aliphatic rings. The fourth-order valence-electron chi connectivity index (χ4n) is 1.83. The summed E-state index contributed by atoms with van der Waals surface area (Å²) in [7, 11) is 0.